The Morgan fingerprint density at radius 1 is 1.28 bits per heavy atom. The number of hydrogen-bond donors (Lipinski definition) is 3. The number of anilines is 1. The molecule has 0 unspecified atom stereocenters. The van der Waals surface area contributed by atoms with Gasteiger partial charge in [0.2, 0.25) is 5.88 Å². The molecule has 1 amide bonds. The van der Waals surface area contributed by atoms with Crippen LogP contribution in [0.2, 0.25) is 0 Å². The van der Waals surface area contributed by atoms with Crippen LogP contribution < -0.4 is 10.1 Å². The SMILES string of the molecule is COc1ccc(NCC(=O)N=Nc2c(O)[nH]c3ccc(Br)cc23)cc1. The number of nitrogens with one attached hydrogen (secondary N) is 2. The van der Waals surface area contributed by atoms with E-state index in [0.29, 0.717) is 10.9 Å². The lowest BCUT2D eigenvalue weighted by molar-refractivity contribution is -0.116. The third kappa shape index (κ3) is 3.97. The molecule has 1 aromatic heterocycles. The van der Waals surface area contributed by atoms with Crippen LogP contribution >= 0.6 is 15.9 Å². The number of benzene rings is 2. The van der Waals surface area contributed by atoms with Crippen LogP contribution in [0.4, 0.5) is 11.4 Å². The quantitative estimate of drug-likeness (QED) is 0.551. The van der Waals surface area contributed by atoms with Gasteiger partial charge in [-0.05, 0) is 42.5 Å². The van der Waals surface area contributed by atoms with Gasteiger partial charge in [-0.15, -0.1) is 10.2 Å². The number of halogens is 1. The van der Waals surface area contributed by atoms with Gasteiger partial charge in [0.25, 0.3) is 5.91 Å². The van der Waals surface area contributed by atoms with Crippen molar-refractivity contribution in [1.82, 2.24) is 4.98 Å². The van der Waals surface area contributed by atoms with Crippen LogP contribution in [0.1, 0.15) is 0 Å². The molecule has 0 aliphatic rings. The molecule has 0 bridgehead atoms. The molecule has 0 spiro atoms. The van der Waals surface area contributed by atoms with E-state index in [1.807, 2.05) is 6.07 Å². The fourth-order valence-electron chi connectivity index (χ4n) is 2.26. The Labute approximate surface area is 151 Å². The van der Waals surface area contributed by atoms with Crippen LogP contribution in [-0.2, 0) is 4.79 Å². The molecule has 128 valence electrons. The number of carbonyl (C=O) groups is 1. The normalized spacial score (nSPS) is 11.1. The second-order valence-electron chi connectivity index (χ2n) is 5.19. The minimum Gasteiger partial charge on any atom is -0.497 e. The first-order valence-corrected chi connectivity index (χ1v) is 8.19. The number of aromatic amines is 1. The number of methoxy groups -OCH3 is 1. The van der Waals surface area contributed by atoms with E-state index in [2.05, 4.69) is 36.5 Å². The van der Waals surface area contributed by atoms with E-state index in [4.69, 9.17) is 4.74 Å². The Morgan fingerprint density at radius 2 is 2.04 bits per heavy atom. The van der Waals surface area contributed by atoms with Gasteiger partial charge in [-0.2, -0.15) is 0 Å². The minimum absolute atomic E-state index is 0.0113. The lowest BCUT2D eigenvalue weighted by Gasteiger charge is -2.04. The monoisotopic (exact) mass is 402 g/mol. The van der Waals surface area contributed by atoms with E-state index < -0.39 is 5.91 Å². The predicted molar refractivity (Wildman–Crippen MR) is 98.7 cm³/mol. The van der Waals surface area contributed by atoms with Crippen LogP contribution in [0, 0.1) is 0 Å². The molecule has 0 saturated heterocycles. The minimum atomic E-state index is -0.459. The van der Waals surface area contributed by atoms with Gasteiger partial charge in [-0.3, -0.25) is 4.79 Å². The molecule has 1 heterocycles. The Balaban J connectivity index is 1.68. The zero-order valence-electron chi connectivity index (χ0n) is 13.3. The van der Waals surface area contributed by atoms with Gasteiger partial charge in [-0.1, -0.05) is 15.9 Å². The summed E-state index contributed by atoms with van der Waals surface area (Å²) in [5.74, 6) is 0.143. The summed E-state index contributed by atoms with van der Waals surface area (Å²) in [7, 11) is 1.59. The molecule has 0 fully saturated rings. The summed E-state index contributed by atoms with van der Waals surface area (Å²) in [5, 5.41) is 21.1. The van der Waals surface area contributed by atoms with Crippen molar-refractivity contribution < 1.29 is 14.6 Å². The number of hydrogen-bond acceptors (Lipinski definition) is 5. The topological polar surface area (TPSA) is 99.1 Å². The summed E-state index contributed by atoms with van der Waals surface area (Å²) < 4.78 is 5.91. The number of rotatable bonds is 5. The van der Waals surface area contributed by atoms with Gasteiger partial charge in [0.1, 0.15) is 5.75 Å². The number of aromatic nitrogens is 1. The van der Waals surface area contributed by atoms with Gasteiger partial charge in [0.05, 0.1) is 19.2 Å². The molecule has 3 aromatic rings. The zero-order valence-corrected chi connectivity index (χ0v) is 14.9. The smallest absolute Gasteiger partial charge is 0.283 e. The highest BCUT2D eigenvalue weighted by Gasteiger charge is 2.11. The first kappa shape index (κ1) is 17.0. The van der Waals surface area contributed by atoms with Gasteiger partial charge in [-0.25, -0.2) is 0 Å². The summed E-state index contributed by atoms with van der Waals surface area (Å²) in [6.07, 6.45) is 0. The second-order valence-corrected chi connectivity index (χ2v) is 6.10. The van der Waals surface area contributed by atoms with Crippen molar-refractivity contribution in [2.45, 2.75) is 0 Å². The van der Waals surface area contributed by atoms with Crippen molar-refractivity contribution in [3.8, 4) is 11.6 Å². The largest absolute Gasteiger partial charge is 0.497 e. The molecule has 0 saturated carbocycles. The number of H-pyrrole nitrogens is 1. The number of ether oxygens (including phenoxy) is 1. The zero-order chi connectivity index (χ0) is 17.8. The first-order chi connectivity index (χ1) is 12.1. The molecule has 25 heavy (non-hydrogen) atoms. The molecule has 0 atom stereocenters. The Kier molecular flexibility index (Phi) is 4.99. The van der Waals surface area contributed by atoms with E-state index in [-0.39, 0.29) is 18.1 Å². The summed E-state index contributed by atoms with van der Waals surface area (Å²) in [4.78, 5) is 14.7. The lowest BCUT2D eigenvalue weighted by atomic mass is 10.2. The van der Waals surface area contributed by atoms with Crippen LogP contribution in [-0.4, -0.2) is 29.7 Å². The third-order valence-corrected chi connectivity index (χ3v) is 4.00. The number of nitrogens with zero attached hydrogens (tertiary/aromatic N) is 2. The Bertz CT molecular complexity index is 935. The van der Waals surface area contributed by atoms with Crippen molar-refractivity contribution in [2.24, 2.45) is 10.2 Å². The maximum atomic E-state index is 11.9. The van der Waals surface area contributed by atoms with E-state index >= 15 is 0 Å². The molecule has 8 heteroatoms. The van der Waals surface area contributed by atoms with Crippen molar-refractivity contribution in [1.29, 1.82) is 0 Å². The van der Waals surface area contributed by atoms with Gasteiger partial charge >= 0.3 is 0 Å². The summed E-state index contributed by atoms with van der Waals surface area (Å²) in [6, 6.07) is 12.6. The van der Waals surface area contributed by atoms with Crippen LogP contribution in [0.3, 0.4) is 0 Å². The molecule has 2 aromatic carbocycles. The van der Waals surface area contributed by atoms with Gasteiger partial charge in [0.15, 0.2) is 5.69 Å². The average molecular weight is 403 g/mol. The van der Waals surface area contributed by atoms with Crippen LogP contribution in [0.15, 0.2) is 57.2 Å². The van der Waals surface area contributed by atoms with Crippen molar-refractivity contribution in [2.75, 3.05) is 19.0 Å². The predicted octanol–water partition coefficient (Wildman–Crippen LogP) is 4.37. The molecule has 0 radical (unpaired) electrons. The van der Waals surface area contributed by atoms with Crippen molar-refractivity contribution in [3.63, 3.8) is 0 Å². The highest BCUT2D eigenvalue weighted by atomic mass is 79.9. The summed E-state index contributed by atoms with van der Waals surface area (Å²) in [6.45, 7) is -0.0113. The molecular weight excluding hydrogens is 388 g/mol. The van der Waals surface area contributed by atoms with E-state index in [1.165, 1.54) is 0 Å². The molecular formula is C17H15BrN4O3. The summed E-state index contributed by atoms with van der Waals surface area (Å²) in [5.41, 5.74) is 1.70. The molecule has 3 rings (SSSR count). The molecule has 3 N–H and O–H groups in total. The highest BCUT2D eigenvalue weighted by molar-refractivity contribution is 9.10. The van der Waals surface area contributed by atoms with E-state index in [9.17, 15) is 9.90 Å². The van der Waals surface area contributed by atoms with E-state index in [0.717, 1.165) is 15.9 Å². The number of aromatic hydroxyl groups is 1. The fourth-order valence-corrected chi connectivity index (χ4v) is 2.63. The maximum Gasteiger partial charge on any atom is 0.283 e. The number of fused-ring (bicyclic) bond motifs is 1. The fraction of sp³-hybridized carbons (Fsp3) is 0.118. The second kappa shape index (κ2) is 7.35. The third-order valence-electron chi connectivity index (χ3n) is 3.51. The molecule has 7 nitrogen and oxygen atoms in total. The standard InChI is InChI=1S/C17H15BrN4O3/c1-25-12-5-3-11(4-6-12)19-9-15(23)21-22-16-13-8-10(18)2-7-14(13)20-17(16)24/h2-8,19-20,24H,9H2,1H3. The van der Waals surface area contributed by atoms with Gasteiger partial charge < -0.3 is 20.1 Å². The first-order valence-electron chi connectivity index (χ1n) is 7.39. The van der Waals surface area contributed by atoms with Gasteiger partial charge in [0, 0.05) is 15.5 Å². The number of azo groups is 1. The van der Waals surface area contributed by atoms with Crippen LogP contribution in [0.5, 0.6) is 11.6 Å². The summed E-state index contributed by atoms with van der Waals surface area (Å²) >= 11 is 3.36. The maximum absolute atomic E-state index is 11.9. The molecule has 0 aliphatic heterocycles. The Hall–Kier alpha value is -2.87. The molecule has 0 aliphatic carbocycles. The van der Waals surface area contributed by atoms with E-state index in [1.54, 1.807) is 43.5 Å². The average Bonchev–Trinajstić information content (AvgIpc) is 2.93. The van der Waals surface area contributed by atoms with Crippen molar-refractivity contribution in [3.05, 3.63) is 46.9 Å². The number of carbonyl (C=O) groups excluding carboxylic acids is 1. The number of amides is 1. The highest BCUT2D eigenvalue weighted by Crippen LogP contribution is 2.36. The Morgan fingerprint density at radius 3 is 2.76 bits per heavy atom. The lowest BCUT2D eigenvalue weighted by Crippen LogP contribution is -2.10. The van der Waals surface area contributed by atoms with Crippen molar-refractivity contribution >= 4 is 44.1 Å². The van der Waals surface area contributed by atoms with Crippen LogP contribution in [0.25, 0.3) is 10.9 Å².